The number of nitrogens with zero attached hydrogens (tertiary/aromatic N) is 4. The number of likely N-dealkylation sites (N-methyl/N-ethyl adjacent to an activating group) is 1. The standard InChI is InChI=1S/C17H19ClN6O2/c1-23-14(10-24(17(23)26)16-20-6-3-7-21-16)15(25)22-9-11-4-2-5-13(18)12(11)8-19/h2-7,14H,8-10,19H2,1H3,(H,22,25). The van der Waals surface area contributed by atoms with Crippen LogP contribution in [0.1, 0.15) is 11.1 Å². The Morgan fingerprint density at radius 3 is 2.77 bits per heavy atom. The highest BCUT2D eigenvalue weighted by Crippen LogP contribution is 2.21. The molecule has 1 aromatic carbocycles. The molecule has 1 unspecified atom stereocenters. The average molecular weight is 375 g/mol. The van der Waals surface area contributed by atoms with Crippen molar-refractivity contribution in [2.24, 2.45) is 5.73 Å². The van der Waals surface area contributed by atoms with Gasteiger partial charge in [-0.15, -0.1) is 0 Å². The fourth-order valence-electron chi connectivity index (χ4n) is 2.85. The van der Waals surface area contributed by atoms with Crippen LogP contribution >= 0.6 is 11.6 Å². The van der Waals surface area contributed by atoms with Gasteiger partial charge in [0.05, 0.1) is 6.54 Å². The monoisotopic (exact) mass is 374 g/mol. The molecule has 2 heterocycles. The van der Waals surface area contributed by atoms with Crippen molar-refractivity contribution < 1.29 is 9.59 Å². The Morgan fingerprint density at radius 1 is 1.35 bits per heavy atom. The third-order valence-electron chi connectivity index (χ3n) is 4.32. The molecule has 0 radical (unpaired) electrons. The molecule has 1 atom stereocenters. The Bertz CT molecular complexity index is 816. The van der Waals surface area contributed by atoms with Crippen LogP contribution in [0, 0.1) is 0 Å². The summed E-state index contributed by atoms with van der Waals surface area (Å²) in [5.74, 6) is 0.0159. The van der Waals surface area contributed by atoms with Crippen LogP contribution in [0.2, 0.25) is 5.02 Å². The molecule has 1 aromatic heterocycles. The van der Waals surface area contributed by atoms with Crippen LogP contribution in [0.25, 0.3) is 0 Å². The first-order valence-electron chi connectivity index (χ1n) is 8.08. The molecule has 3 N–H and O–H groups in total. The van der Waals surface area contributed by atoms with Gasteiger partial charge in [-0.05, 0) is 23.3 Å². The van der Waals surface area contributed by atoms with E-state index < -0.39 is 6.04 Å². The number of benzene rings is 1. The number of carbonyl (C=O) groups excluding carboxylic acids is 2. The molecule has 3 rings (SSSR count). The predicted molar refractivity (Wildman–Crippen MR) is 97.5 cm³/mol. The summed E-state index contributed by atoms with van der Waals surface area (Å²) in [5, 5.41) is 3.42. The van der Waals surface area contributed by atoms with Crippen molar-refractivity contribution in [3.8, 4) is 0 Å². The molecule has 9 heteroatoms. The third-order valence-corrected chi connectivity index (χ3v) is 4.68. The zero-order chi connectivity index (χ0) is 18.7. The highest BCUT2D eigenvalue weighted by atomic mass is 35.5. The molecule has 0 bridgehead atoms. The molecule has 1 aliphatic rings. The summed E-state index contributed by atoms with van der Waals surface area (Å²) in [7, 11) is 1.58. The van der Waals surface area contributed by atoms with Crippen molar-refractivity contribution in [1.29, 1.82) is 0 Å². The molecule has 2 aromatic rings. The van der Waals surface area contributed by atoms with Gasteiger partial charge in [-0.25, -0.2) is 14.8 Å². The minimum atomic E-state index is -0.633. The van der Waals surface area contributed by atoms with Crippen LogP contribution in [-0.2, 0) is 17.9 Å². The minimum Gasteiger partial charge on any atom is -0.350 e. The van der Waals surface area contributed by atoms with Gasteiger partial charge in [0.25, 0.3) is 0 Å². The second kappa shape index (κ2) is 7.67. The van der Waals surface area contributed by atoms with Gasteiger partial charge in [0.15, 0.2) is 0 Å². The zero-order valence-corrected chi connectivity index (χ0v) is 15.0. The van der Waals surface area contributed by atoms with Crippen LogP contribution in [0.4, 0.5) is 10.7 Å². The average Bonchev–Trinajstić information content (AvgIpc) is 2.96. The first-order chi connectivity index (χ1) is 12.5. The number of hydrogen-bond donors (Lipinski definition) is 2. The van der Waals surface area contributed by atoms with Crippen molar-refractivity contribution in [2.75, 3.05) is 18.5 Å². The van der Waals surface area contributed by atoms with Crippen molar-refractivity contribution in [3.05, 3.63) is 52.8 Å². The van der Waals surface area contributed by atoms with Gasteiger partial charge in [-0.1, -0.05) is 23.7 Å². The number of anilines is 1. The van der Waals surface area contributed by atoms with E-state index >= 15 is 0 Å². The topological polar surface area (TPSA) is 104 Å². The van der Waals surface area contributed by atoms with E-state index in [9.17, 15) is 9.59 Å². The molecule has 1 aliphatic heterocycles. The van der Waals surface area contributed by atoms with E-state index in [1.54, 1.807) is 31.6 Å². The highest BCUT2D eigenvalue weighted by Gasteiger charge is 2.40. The van der Waals surface area contributed by atoms with Gasteiger partial charge < -0.3 is 16.0 Å². The number of rotatable bonds is 5. The van der Waals surface area contributed by atoms with E-state index in [1.807, 2.05) is 12.1 Å². The van der Waals surface area contributed by atoms with E-state index in [0.717, 1.165) is 11.1 Å². The smallest absolute Gasteiger partial charge is 0.327 e. The van der Waals surface area contributed by atoms with Gasteiger partial charge in [0, 0.05) is 37.6 Å². The van der Waals surface area contributed by atoms with E-state index in [2.05, 4.69) is 15.3 Å². The molecule has 3 amide bonds. The maximum absolute atomic E-state index is 12.6. The maximum atomic E-state index is 12.6. The van der Waals surface area contributed by atoms with Crippen LogP contribution in [0.3, 0.4) is 0 Å². The molecule has 136 valence electrons. The summed E-state index contributed by atoms with van der Waals surface area (Å²) in [6, 6.07) is 6.15. The van der Waals surface area contributed by atoms with Crippen LogP contribution in [-0.4, -0.2) is 46.4 Å². The molecule has 1 fully saturated rings. The Hall–Kier alpha value is -2.71. The first kappa shape index (κ1) is 18.1. The number of nitrogens with one attached hydrogen (secondary N) is 1. The quantitative estimate of drug-likeness (QED) is 0.816. The summed E-state index contributed by atoms with van der Waals surface area (Å²) in [6.07, 6.45) is 3.10. The largest absolute Gasteiger partial charge is 0.350 e. The first-order valence-corrected chi connectivity index (χ1v) is 8.46. The molecular formula is C17H19ClN6O2. The molecule has 0 saturated carbocycles. The van der Waals surface area contributed by atoms with E-state index in [1.165, 1.54) is 9.80 Å². The number of amides is 3. The lowest BCUT2D eigenvalue weighted by Crippen LogP contribution is -2.43. The van der Waals surface area contributed by atoms with Crippen LogP contribution < -0.4 is 16.0 Å². The Balaban J connectivity index is 1.69. The van der Waals surface area contributed by atoms with Crippen molar-refractivity contribution in [1.82, 2.24) is 20.2 Å². The number of aromatic nitrogens is 2. The van der Waals surface area contributed by atoms with E-state index in [4.69, 9.17) is 17.3 Å². The number of nitrogens with two attached hydrogens (primary N) is 1. The summed E-state index contributed by atoms with van der Waals surface area (Å²) < 4.78 is 0. The fourth-order valence-corrected chi connectivity index (χ4v) is 3.12. The molecule has 1 saturated heterocycles. The predicted octanol–water partition coefficient (Wildman–Crippen LogP) is 1.15. The summed E-state index contributed by atoms with van der Waals surface area (Å²) >= 11 is 6.14. The van der Waals surface area contributed by atoms with Crippen LogP contribution in [0.5, 0.6) is 0 Å². The van der Waals surface area contributed by atoms with E-state index in [0.29, 0.717) is 5.02 Å². The van der Waals surface area contributed by atoms with Crippen molar-refractivity contribution in [3.63, 3.8) is 0 Å². The van der Waals surface area contributed by atoms with Gasteiger partial charge in [-0.3, -0.25) is 9.69 Å². The third kappa shape index (κ3) is 3.47. The van der Waals surface area contributed by atoms with E-state index in [-0.39, 0.29) is 37.5 Å². The van der Waals surface area contributed by atoms with Gasteiger partial charge in [0.2, 0.25) is 11.9 Å². The van der Waals surface area contributed by atoms with Gasteiger partial charge in [0.1, 0.15) is 6.04 Å². The molecule has 0 aliphatic carbocycles. The zero-order valence-electron chi connectivity index (χ0n) is 14.2. The van der Waals surface area contributed by atoms with Crippen molar-refractivity contribution >= 4 is 29.5 Å². The maximum Gasteiger partial charge on any atom is 0.327 e. The second-order valence-electron chi connectivity index (χ2n) is 5.87. The minimum absolute atomic E-state index is 0.185. The normalized spacial score (nSPS) is 16.9. The van der Waals surface area contributed by atoms with Gasteiger partial charge >= 0.3 is 6.03 Å². The molecule has 8 nitrogen and oxygen atoms in total. The molecule has 0 spiro atoms. The Morgan fingerprint density at radius 2 is 2.08 bits per heavy atom. The van der Waals surface area contributed by atoms with Gasteiger partial charge in [-0.2, -0.15) is 0 Å². The lowest BCUT2D eigenvalue weighted by molar-refractivity contribution is -0.124. The molecule has 26 heavy (non-hydrogen) atoms. The Labute approximate surface area is 156 Å². The second-order valence-corrected chi connectivity index (χ2v) is 6.28. The summed E-state index contributed by atoms with van der Waals surface area (Å²) in [6.45, 7) is 0.753. The summed E-state index contributed by atoms with van der Waals surface area (Å²) in [5.41, 5.74) is 7.38. The summed E-state index contributed by atoms with van der Waals surface area (Å²) in [4.78, 5) is 35.9. The van der Waals surface area contributed by atoms with Crippen molar-refractivity contribution in [2.45, 2.75) is 19.1 Å². The van der Waals surface area contributed by atoms with Crippen LogP contribution in [0.15, 0.2) is 36.7 Å². The highest BCUT2D eigenvalue weighted by molar-refractivity contribution is 6.31. The number of carbonyl (C=O) groups is 2. The number of halogens is 1. The lowest BCUT2D eigenvalue weighted by atomic mass is 10.1. The number of urea groups is 1. The molecular weight excluding hydrogens is 356 g/mol. The fraction of sp³-hybridized carbons (Fsp3) is 0.294. The SMILES string of the molecule is CN1C(=O)N(c2ncccn2)CC1C(=O)NCc1cccc(Cl)c1CN. The Kier molecular flexibility index (Phi) is 5.34. The lowest BCUT2D eigenvalue weighted by Gasteiger charge is -2.18. The number of hydrogen-bond acceptors (Lipinski definition) is 5.